The van der Waals surface area contributed by atoms with Crippen LogP contribution in [-0.4, -0.2) is 26.1 Å². The number of aliphatic imine (C=N–C) groups is 1. The van der Waals surface area contributed by atoms with Gasteiger partial charge in [0.05, 0.1) is 22.2 Å². The Hall–Kier alpha value is -2.98. The molecule has 186 valence electrons. The molecule has 11 heteroatoms. The summed E-state index contributed by atoms with van der Waals surface area (Å²) >= 11 is 13.3. The van der Waals surface area contributed by atoms with Crippen LogP contribution < -0.4 is 14.2 Å². The number of nitrogens with zero attached hydrogens (tertiary/aromatic N) is 1. The van der Waals surface area contributed by atoms with Gasteiger partial charge in [0, 0.05) is 5.02 Å². The molecule has 0 spiro atoms. The molecule has 3 aromatic rings. The second kappa shape index (κ2) is 11.0. The number of nitrogens with one attached hydrogen (secondary N) is 1. The molecule has 7 nitrogen and oxygen atoms in total. The molecule has 36 heavy (non-hydrogen) atoms. The Bertz CT molecular complexity index is 1490. The zero-order valence-corrected chi connectivity index (χ0v) is 22.3. The molecule has 0 atom stereocenters. The van der Waals surface area contributed by atoms with Crippen molar-refractivity contribution in [1.82, 2.24) is 5.32 Å². The molecule has 1 amide bonds. The Morgan fingerprint density at radius 3 is 2.50 bits per heavy atom. The largest absolute Gasteiger partial charge is 0.490 e. The molecule has 3 aromatic carbocycles. The van der Waals surface area contributed by atoms with Crippen LogP contribution in [0, 0.1) is 6.92 Å². The lowest BCUT2D eigenvalue weighted by molar-refractivity contribution is -0.115. The molecule has 0 aliphatic carbocycles. The van der Waals surface area contributed by atoms with Gasteiger partial charge in [-0.3, -0.25) is 4.79 Å². The van der Waals surface area contributed by atoms with E-state index in [-0.39, 0.29) is 28.9 Å². The van der Waals surface area contributed by atoms with Crippen LogP contribution in [0.3, 0.4) is 0 Å². The van der Waals surface area contributed by atoms with Crippen molar-refractivity contribution >= 4 is 67.9 Å². The first-order valence-electron chi connectivity index (χ1n) is 10.7. The maximum Gasteiger partial charge on any atom is 0.339 e. The van der Waals surface area contributed by atoms with E-state index in [1.165, 1.54) is 18.2 Å². The number of halogens is 2. The van der Waals surface area contributed by atoms with E-state index >= 15 is 0 Å². The molecule has 0 bridgehead atoms. The van der Waals surface area contributed by atoms with Crippen molar-refractivity contribution in [2.75, 3.05) is 6.61 Å². The van der Waals surface area contributed by atoms with E-state index in [0.717, 1.165) is 17.3 Å². The predicted octanol–water partition coefficient (Wildman–Crippen LogP) is 6.36. The standard InChI is InChI=1S/C25H20Cl2N2O5S2/c1-3-33-22-12-16(6-11-21(22)34-36(31,32)18-8-4-15(2)5-9-18)13-23-24(30)29-25(35-23)28-20-14-17(26)7-10-19(20)27/h4-14H,3H2,1-2H3,(H,28,29,30)/b23-13+. The van der Waals surface area contributed by atoms with Gasteiger partial charge in [0.25, 0.3) is 5.91 Å². The first kappa shape index (κ1) is 26.1. The maximum absolute atomic E-state index is 12.7. The summed E-state index contributed by atoms with van der Waals surface area (Å²) in [5, 5.41) is 3.91. The van der Waals surface area contributed by atoms with E-state index in [4.69, 9.17) is 32.1 Å². The number of thioether (sulfide) groups is 1. The zero-order valence-electron chi connectivity index (χ0n) is 19.1. The fourth-order valence-electron chi connectivity index (χ4n) is 3.14. The fraction of sp³-hybridized carbons (Fsp3) is 0.120. The van der Waals surface area contributed by atoms with Crippen molar-refractivity contribution in [1.29, 1.82) is 0 Å². The lowest BCUT2D eigenvalue weighted by atomic mass is 10.2. The SMILES string of the molecule is CCOc1cc(/C=C2/SC(=Nc3cc(Cl)ccc3Cl)NC2=O)ccc1OS(=O)(=O)c1ccc(C)cc1. The quantitative estimate of drug-likeness (QED) is 0.266. The van der Waals surface area contributed by atoms with Gasteiger partial charge in [-0.15, -0.1) is 0 Å². The van der Waals surface area contributed by atoms with Gasteiger partial charge in [-0.2, -0.15) is 8.42 Å². The van der Waals surface area contributed by atoms with Crippen molar-refractivity contribution in [3.8, 4) is 11.5 Å². The highest BCUT2D eigenvalue weighted by molar-refractivity contribution is 8.18. The van der Waals surface area contributed by atoms with Gasteiger partial charge in [-0.1, -0.05) is 47.0 Å². The first-order chi connectivity index (χ1) is 17.1. The minimum Gasteiger partial charge on any atom is -0.490 e. The van der Waals surface area contributed by atoms with Crippen LogP contribution in [0.25, 0.3) is 6.08 Å². The first-order valence-corrected chi connectivity index (χ1v) is 13.7. The Kier molecular flexibility index (Phi) is 7.94. The second-order valence-corrected chi connectivity index (χ2v) is 11.0. The molecule has 1 fully saturated rings. The normalized spacial score (nSPS) is 15.8. The number of rotatable bonds is 7. The van der Waals surface area contributed by atoms with Crippen LogP contribution in [0.4, 0.5) is 5.69 Å². The van der Waals surface area contributed by atoms with Gasteiger partial charge in [0.2, 0.25) is 0 Å². The lowest BCUT2D eigenvalue weighted by Gasteiger charge is -2.13. The van der Waals surface area contributed by atoms with Crippen molar-refractivity contribution < 1.29 is 22.1 Å². The number of carbonyl (C=O) groups excluding carboxylic acids is 1. The van der Waals surface area contributed by atoms with E-state index < -0.39 is 10.1 Å². The molecule has 0 saturated carbocycles. The van der Waals surface area contributed by atoms with Gasteiger partial charge >= 0.3 is 10.1 Å². The number of aryl methyl sites for hydroxylation is 1. The zero-order chi connectivity index (χ0) is 25.9. The Morgan fingerprint density at radius 2 is 1.78 bits per heavy atom. The van der Waals surface area contributed by atoms with Crippen LogP contribution >= 0.6 is 35.0 Å². The third-order valence-electron chi connectivity index (χ3n) is 4.86. The van der Waals surface area contributed by atoms with E-state index in [9.17, 15) is 13.2 Å². The topological polar surface area (TPSA) is 94.1 Å². The molecular formula is C25H20Cl2N2O5S2. The smallest absolute Gasteiger partial charge is 0.339 e. The second-order valence-electron chi connectivity index (χ2n) is 7.57. The minimum atomic E-state index is -4.06. The van der Waals surface area contributed by atoms with Crippen LogP contribution in [0.5, 0.6) is 11.5 Å². The summed E-state index contributed by atoms with van der Waals surface area (Å²) in [6.45, 7) is 3.92. The molecule has 1 heterocycles. The molecule has 4 rings (SSSR count). The molecule has 1 N–H and O–H groups in total. The Balaban J connectivity index is 1.59. The Morgan fingerprint density at radius 1 is 1.03 bits per heavy atom. The van der Waals surface area contributed by atoms with Crippen molar-refractivity contribution in [3.63, 3.8) is 0 Å². The van der Waals surface area contributed by atoms with E-state index in [1.54, 1.807) is 55.5 Å². The molecule has 0 aromatic heterocycles. The number of hydrogen-bond acceptors (Lipinski definition) is 7. The Labute approximate surface area is 223 Å². The third kappa shape index (κ3) is 6.22. The summed E-state index contributed by atoms with van der Waals surface area (Å²) in [5.74, 6) is -0.0661. The fourth-order valence-corrected chi connectivity index (χ4v) is 5.24. The molecule has 1 saturated heterocycles. The third-order valence-corrected chi connectivity index (χ3v) is 7.57. The van der Waals surface area contributed by atoms with E-state index in [0.29, 0.717) is 31.4 Å². The number of amidine groups is 1. The van der Waals surface area contributed by atoms with Crippen LogP contribution in [-0.2, 0) is 14.9 Å². The lowest BCUT2D eigenvalue weighted by Crippen LogP contribution is -2.19. The van der Waals surface area contributed by atoms with Gasteiger partial charge in [0.1, 0.15) is 4.90 Å². The summed E-state index contributed by atoms with van der Waals surface area (Å²) in [5.41, 5.74) is 1.97. The van der Waals surface area contributed by atoms with Crippen LogP contribution in [0.15, 0.2) is 75.5 Å². The van der Waals surface area contributed by atoms with Gasteiger partial charge in [0.15, 0.2) is 16.7 Å². The van der Waals surface area contributed by atoms with Gasteiger partial charge in [-0.05, 0) is 79.7 Å². The van der Waals surface area contributed by atoms with Gasteiger partial charge in [-0.25, -0.2) is 4.99 Å². The molecule has 1 aliphatic rings. The molecule has 0 radical (unpaired) electrons. The number of carbonyl (C=O) groups is 1. The molecule has 1 aliphatic heterocycles. The number of hydrogen-bond donors (Lipinski definition) is 1. The predicted molar refractivity (Wildman–Crippen MR) is 144 cm³/mol. The van der Waals surface area contributed by atoms with Gasteiger partial charge < -0.3 is 14.2 Å². The van der Waals surface area contributed by atoms with E-state index in [1.807, 2.05) is 6.92 Å². The van der Waals surface area contributed by atoms with Crippen molar-refractivity contribution in [2.24, 2.45) is 4.99 Å². The number of benzene rings is 3. The van der Waals surface area contributed by atoms with E-state index in [2.05, 4.69) is 10.3 Å². The summed E-state index contributed by atoms with van der Waals surface area (Å²) in [4.78, 5) is 17.3. The van der Waals surface area contributed by atoms with Crippen LogP contribution in [0.1, 0.15) is 18.1 Å². The average Bonchev–Trinajstić information content (AvgIpc) is 3.16. The molecular weight excluding hydrogens is 543 g/mol. The number of ether oxygens (including phenoxy) is 1. The van der Waals surface area contributed by atoms with Crippen molar-refractivity contribution in [3.05, 3.63) is 86.7 Å². The highest BCUT2D eigenvalue weighted by Crippen LogP contribution is 2.35. The average molecular weight is 563 g/mol. The van der Waals surface area contributed by atoms with Crippen molar-refractivity contribution in [2.45, 2.75) is 18.7 Å². The highest BCUT2D eigenvalue weighted by atomic mass is 35.5. The molecule has 0 unspecified atom stereocenters. The minimum absolute atomic E-state index is 0.0346. The summed E-state index contributed by atoms with van der Waals surface area (Å²) in [6.07, 6.45) is 1.64. The highest BCUT2D eigenvalue weighted by Gasteiger charge is 2.25. The monoisotopic (exact) mass is 562 g/mol. The summed E-state index contributed by atoms with van der Waals surface area (Å²) in [7, 11) is -4.06. The summed E-state index contributed by atoms with van der Waals surface area (Å²) in [6, 6.07) is 15.9. The number of amides is 1. The maximum atomic E-state index is 12.7. The van der Waals surface area contributed by atoms with Crippen LogP contribution in [0.2, 0.25) is 10.0 Å². The summed E-state index contributed by atoms with van der Waals surface area (Å²) < 4.78 is 36.4.